The molecule has 24 heavy (non-hydrogen) atoms. The second-order valence-corrected chi connectivity index (χ2v) is 6.21. The van der Waals surface area contributed by atoms with Crippen LogP contribution in [0, 0.1) is 0 Å². The molecule has 1 N–H and O–H groups in total. The number of carbonyl (C=O) groups is 2. The highest BCUT2D eigenvalue weighted by Gasteiger charge is 2.46. The second-order valence-electron chi connectivity index (χ2n) is 6.21. The SMILES string of the molecule is CCCCOc1ccc(C(=O)N2CCCC2(C)C(=O)O)cc1OC. The van der Waals surface area contributed by atoms with Crippen LogP contribution in [-0.4, -0.2) is 47.7 Å². The lowest BCUT2D eigenvalue weighted by molar-refractivity contribution is -0.147. The van der Waals surface area contributed by atoms with E-state index >= 15 is 0 Å². The highest BCUT2D eigenvalue weighted by atomic mass is 16.5. The third kappa shape index (κ3) is 3.47. The van der Waals surface area contributed by atoms with Crippen molar-refractivity contribution < 1.29 is 24.2 Å². The smallest absolute Gasteiger partial charge is 0.329 e. The lowest BCUT2D eigenvalue weighted by atomic mass is 9.98. The molecule has 2 rings (SSSR count). The Morgan fingerprint density at radius 3 is 2.71 bits per heavy atom. The van der Waals surface area contributed by atoms with Gasteiger partial charge in [-0.05, 0) is 44.4 Å². The van der Waals surface area contributed by atoms with Crippen molar-refractivity contribution in [2.45, 2.75) is 45.1 Å². The summed E-state index contributed by atoms with van der Waals surface area (Å²) < 4.78 is 11.0. The van der Waals surface area contributed by atoms with Crippen molar-refractivity contribution in [3.8, 4) is 11.5 Å². The van der Waals surface area contributed by atoms with Gasteiger partial charge >= 0.3 is 5.97 Å². The van der Waals surface area contributed by atoms with Gasteiger partial charge in [0.15, 0.2) is 11.5 Å². The standard InChI is InChI=1S/C18H25NO5/c1-4-5-11-24-14-8-7-13(12-15(14)23-3)16(20)19-10-6-9-18(19,2)17(21)22/h7-8,12H,4-6,9-11H2,1-3H3,(H,21,22). The fourth-order valence-electron chi connectivity index (χ4n) is 2.91. The third-order valence-corrected chi connectivity index (χ3v) is 4.51. The minimum absolute atomic E-state index is 0.296. The van der Waals surface area contributed by atoms with Gasteiger partial charge in [-0.2, -0.15) is 0 Å². The van der Waals surface area contributed by atoms with Gasteiger partial charge in [0, 0.05) is 12.1 Å². The van der Waals surface area contributed by atoms with E-state index in [2.05, 4.69) is 6.92 Å². The van der Waals surface area contributed by atoms with Crippen molar-refractivity contribution in [2.75, 3.05) is 20.3 Å². The van der Waals surface area contributed by atoms with Crippen molar-refractivity contribution in [2.24, 2.45) is 0 Å². The number of likely N-dealkylation sites (tertiary alicyclic amines) is 1. The Morgan fingerprint density at radius 1 is 1.33 bits per heavy atom. The average Bonchev–Trinajstić information content (AvgIpc) is 2.98. The summed E-state index contributed by atoms with van der Waals surface area (Å²) in [5.74, 6) is -0.200. The highest BCUT2D eigenvalue weighted by Crippen LogP contribution is 2.33. The Hall–Kier alpha value is -2.24. The summed E-state index contributed by atoms with van der Waals surface area (Å²) in [5.41, 5.74) is -0.746. The number of carbonyl (C=O) groups excluding carboxylic acids is 1. The van der Waals surface area contributed by atoms with Crippen LogP contribution in [0.1, 0.15) is 49.9 Å². The molecule has 1 aliphatic heterocycles. The van der Waals surface area contributed by atoms with Crippen molar-refractivity contribution in [1.29, 1.82) is 0 Å². The number of methoxy groups -OCH3 is 1. The molecule has 0 radical (unpaired) electrons. The zero-order valence-electron chi connectivity index (χ0n) is 14.5. The monoisotopic (exact) mass is 335 g/mol. The Labute approximate surface area is 142 Å². The van der Waals surface area contributed by atoms with E-state index in [-0.39, 0.29) is 5.91 Å². The first-order chi connectivity index (χ1) is 11.4. The van der Waals surface area contributed by atoms with E-state index in [1.807, 2.05) is 0 Å². The summed E-state index contributed by atoms with van der Waals surface area (Å²) in [5, 5.41) is 9.47. The van der Waals surface area contributed by atoms with E-state index in [1.54, 1.807) is 25.1 Å². The number of carboxylic acid groups (broad SMARTS) is 1. The summed E-state index contributed by atoms with van der Waals surface area (Å²) >= 11 is 0. The molecule has 1 amide bonds. The van der Waals surface area contributed by atoms with Crippen molar-refractivity contribution in [3.63, 3.8) is 0 Å². The topological polar surface area (TPSA) is 76.1 Å². The first-order valence-corrected chi connectivity index (χ1v) is 8.30. The number of unbranched alkanes of at least 4 members (excludes halogenated alkanes) is 1. The van der Waals surface area contributed by atoms with Crippen molar-refractivity contribution >= 4 is 11.9 Å². The number of carboxylic acids is 1. The van der Waals surface area contributed by atoms with Crippen molar-refractivity contribution in [1.82, 2.24) is 4.90 Å². The number of aliphatic carboxylic acids is 1. The van der Waals surface area contributed by atoms with Crippen LogP contribution in [0.25, 0.3) is 0 Å². The normalized spacial score (nSPS) is 20.0. The van der Waals surface area contributed by atoms with Crippen LogP contribution in [0.3, 0.4) is 0 Å². The zero-order valence-corrected chi connectivity index (χ0v) is 14.5. The van der Waals surface area contributed by atoms with Gasteiger partial charge in [-0.1, -0.05) is 13.3 Å². The molecule has 1 aliphatic rings. The molecule has 0 saturated carbocycles. The zero-order chi connectivity index (χ0) is 17.7. The first-order valence-electron chi connectivity index (χ1n) is 8.30. The molecule has 6 nitrogen and oxygen atoms in total. The Balaban J connectivity index is 2.22. The van der Waals surface area contributed by atoms with E-state index in [1.165, 1.54) is 12.0 Å². The molecule has 1 aromatic carbocycles. The summed E-state index contributed by atoms with van der Waals surface area (Å²) in [6, 6.07) is 4.98. The maximum Gasteiger partial charge on any atom is 0.329 e. The van der Waals surface area contributed by atoms with Gasteiger partial charge in [-0.3, -0.25) is 4.79 Å². The molecule has 0 bridgehead atoms. The number of rotatable bonds is 7. The van der Waals surface area contributed by atoms with E-state index in [0.717, 1.165) is 12.8 Å². The van der Waals surface area contributed by atoms with Crippen LogP contribution >= 0.6 is 0 Å². The van der Waals surface area contributed by atoms with E-state index in [9.17, 15) is 14.7 Å². The second kappa shape index (κ2) is 7.55. The summed E-state index contributed by atoms with van der Waals surface area (Å²) in [6.07, 6.45) is 3.11. The minimum Gasteiger partial charge on any atom is -0.493 e. The molecule has 0 spiro atoms. The molecule has 0 aromatic heterocycles. The van der Waals surface area contributed by atoms with E-state index in [4.69, 9.17) is 9.47 Å². The quantitative estimate of drug-likeness (QED) is 0.775. The van der Waals surface area contributed by atoms with Gasteiger partial charge in [0.05, 0.1) is 13.7 Å². The predicted molar refractivity (Wildman–Crippen MR) is 89.7 cm³/mol. The maximum absolute atomic E-state index is 12.8. The highest BCUT2D eigenvalue weighted by molar-refractivity contribution is 5.98. The molecule has 132 valence electrons. The molecule has 1 fully saturated rings. The molecule has 1 atom stereocenters. The molecule has 1 heterocycles. The number of amides is 1. The van der Waals surface area contributed by atoms with Crippen LogP contribution in [0.5, 0.6) is 11.5 Å². The van der Waals surface area contributed by atoms with E-state index in [0.29, 0.717) is 43.1 Å². The first kappa shape index (κ1) is 18.1. The van der Waals surface area contributed by atoms with Crippen LogP contribution in [-0.2, 0) is 4.79 Å². The van der Waals surface area contributed by atoms with Gasteiger partial charge < -0.3 is 19.5 Å². The lowest BCUT2D eigenvalue weighted by Gasteiger charge is -2.31. The van der Waals surface area contributed by atoms with Crippen LogP contribution in [0.2, 0.25) is 0 Å². The number of hydrogen-bond donors (Lipinski definition) is 1. The van der Waals surface area contributed by atoms with Gasteiger partial charge in [-0.15, -0.1) is 0 Å². The molecule has 1 unspecified atom stereocenters. The van der Waals surface area contributed by atoms with Crippen molar-refractivity contribution in [3.05, 3.63) is 23.8 Å². The number of nitrogens with zero attached hydrogens (tertiary/aromatic N) is 1. The summed E-state index contributed by atoms with van der Waals surface area (Å²) in [6.45, 7) is 4.71. The number of hydrogen-bond acceptors (Lipinski definition) is 4. The van der Waals surface area contributed by atoms with Crippen LogP contribution < -0.4 is 9.47 Å². The van der Waals surface area contributed by atoms with Gasteiger partial charge in [0.2, 0.25) is 0 Å². The molecular formula is C18H25NO5. The molecule has 1 saturated heterocycles. The number of benzene rings is 1. The van der Waals surface area contributed by atoms with Gasteiger partial charge in [-0.25, -0.2) is 4.79 Å². The molecule has 0 aliphatic carbocycles. The molecule has 1 aromatic rings. The molecule has 6 heteroatoms. The Morgan fingerprint density at radius 2 is 2.08 bits per heavy atom. The predicted octanol–water partition coefficient (Wildman–Crippen LogP) is 2.95. The minimum atomic E-state index is -1.15. The van der Waals surface area contributed by atoms with Crippen LogP contribution in [0.15, 0.2) is 18.2 Å². The average molecular weight is 335 g/mol. The Kier molecular flexibility index (Phi) is 5.70. The Bertz CT molecular complexity index is 615. The summed E-state index contributed by atoms with van der Waals surface area (Å²) in [7, 11) is 1.52. The lowest BCUT2D eigenvalue weighted by Crippen LogP contribution is -2.50. The van der Waals surface area contributed by atoms with Crippen LogP contribution in [0.4, 0.5) is 0 Å². The summed E-state index contributed by atoms with van der Waals surface area (Å²) in [4.78, 5) is 25.8. The van der Waals surface area contributed by atoms with Gasteiger partial charge in [0.25, 0.3) is 5.91 Å². The fraction of sp³-hybridized carbons (Fsp3) is 0.556. The maximum atomic E-state index is 12.8. The fourth-order valence-corrected chi connectivity index (χ4v) is 2.91. The van der Waals surface area contributed by atoms with Gasteiger partial charge in [0.1, 0.15) is 5.54 Å². The largest absolute Gasteiger partial charge is 0.493 e. The number of ether oxygens (including phenoxy) is 2. The van der Waals surface area contributed by atoms with E-state index < -0.39 is 11.5 Å². The third-order valence-electron chi connectivity index (χ3n) is 4.51. The molecular weight excluding hydrogens is 310 g/mol.